The maximum atomic E-state index is 4.36. The third kappa shape index (κ3) is 5.00. The zero-order valence-corrected chi connectivity index (χ0v) is 14.1. The van der Waals surface area contributed by atoms with Gasteiger partial charge in [0.15, 0.2) is 5.96 Å². The summed E-state index contributed by atoms with van der Waals surface area (Å²) in [6.07, 6.45) is 8.16. The third-order valence-corrected chi connectivity index (χ3v) is 3.51. The average molecular weight is 377 g/mol. The van der Waals surface area contributed by atoms with Gasteiger partial charge in [-0.05, 0) is 18.8 Å². The fraction of sp³-hybridized carbons (Fsp3) is 0.692. The van der Waals surface area contributed by atoms with E-state index in [4.69, 9.17) is 0 Å². The van der Waals surface area contributed by atoms with E-state index in [0.29, 0.717) is 0 Å². The fourth-order valence-corrected chi connectivity index (χ4v) is 2.27. The van der Waals surface area contributed by atoms with E-state index < -0.39 is 0 Å². The number of hydrogen-bond acceptors (Lipinski definition) is 2. The lowest BCUT2D eigenvalue weighted by molar-refractivity contribution is 0.273. The zero-order chi connectivity index (χ0) is 12.8. The van der Waals surface area contributed by atoms with Crippen LogP contribution >= 0.6 is 24.0 Å². The zero-order valence-electron chi connectivity index (χ0n) is 11.7. The Hall–Kier alpha value is -0.790. The van der Waals surface area contributed by atoms with Crippen molar-refractivity contribution in [3.63, 3.8) is 0 Å². The molecular weight excluding hydrogens is 353 g/mol. The highest BCUT2D eigenvalue weighted by Gasteiger charge is 2.18. The van der Waals surface area contributed by atoms with Crippen molar-refractivity contribution in [2.45, 2.75) is 26.3 Å². The molecular formula is C13H24IN5. The van der Waals surface area contributed by atoms with Gasteiger partial charge in [0.2, 0.25) is 0 Å². The highest BCUT2D eigenvalue weighted by Crippen LogP contribution is 2.15. The molecule has 2 heterocycles. The van der Waals surface area contributed by atoms with Crippen LogP contribution in [0.4, 0.5) is 0 Å². The first-order valence-electron chi connectivity index (χ1n) is 6.71. The van der Waals surface area contributed by atoms with Crippen LogP contribution in [0, 0.1) is 5.92 Å². The van der Waals surface area contributed by atoms with E-state index in [1.807, 2.05) is 19.6 Å². The van der Waals surface area contributed by atoms with Gasteiger partial charge >= 0.3 is 0 Å². The largest absolute Gasteiger partial charge is 0.354 e. The van der Waals surface area contributed by atoms with Gasteiger partial charge in [0.25, 0.3) is 0 Å². The Bertz CT molecular complexity index is 368. The van der Waals surface area contributed by atoms with Crippen molar-refractivity contribution >= 4 is 29.9 Å². The molecule has 0 spiro atoms. The van der Waals surface area contributed by atoms with Gasteiger partial charge in [-0.3, -0.25) is 4.99 Å². The lowest BCUT2D eigenvalue weighted by Gasteiger charge is -2.32. The minimum atomic E-state index is 0. The Kier molecular flexibility index (Phi) is 7.19. The quantitative estimate of drug-likeness (QED) is 0.497. The van der Waals surface area contributed by atoms with Crippen LogP contribution in [0.5, 0.6) is 0 Å². The van der Waals surface area contributed by atoms with E-state index in [1.54, 1.807) is 6.20 Å². The van der Waals surface area contributed by atoms with E-state index in [2.05, 4.69) is 31.7 Å². The van der Waals surface area contributed by atoms with E-state index in [0.717, 1.165) is 38.1 Å². The number of aromatic nitrogens is 2. The Morgan fingerprint density at radius 2 is 2.16 bits per heavy atom. The monoisotopic (exact) mass is 377 g/mol. The smallest absolute Gasteiger partial charge is 0.193 e. The lowest BCUT2D eigenvalue weighted by Crippen LogP contribution is -2.46. The fourth-order valence-electron chi connectivity index (χ4n) is 2.27. The summed E-state index contributed by atoms with van der Waals surface area (Å²) < 4.78 is 2.07. The molecule has 1 aromatic rings. The molecule has 0 atom stereocenters. The molecule has 0 saturated carbocycles. The van der Waals surface area contributed by atoms with Gasteiger partial charge in [0.1, 0.15) is 0 Å². The molecule has 108 valence electrons. The molecule has 2 rings (SSSR count). The van der Waals surface area contributed by atoms with Crippen LogP contribution in [-0.4, -0.2) is 47.1 Å². The molecule has 1 N–H and O–H groups in total. The van der Waals surface area contributed by atoms with Crippen molar-refractivity contribution in [1.82, 2.24) is 19.8 Å². The van der Waals surface area contributed by atoms with E-state index in [1.165, 1.54) is 12.8 Å². The van der Waals surface area contributed by atoms with E-state index in [9.17, 15) is 0 Å². The molecule has 0 unspecified atom stereocenters. The number of piperidine rings is 1. The van der Waals surface area contributed by atoms with Crippen LogP contribution in [-0.2, 0) is 6.54 Å². The van der Waals surface area contributed by atoms with Crippen LogP contribution in [0.2, 0.25) is 0 Å². The molecule has 0 radical (unpaired) electrons. The van der Waals surface area contributed by atoms with Gasteiger partial charge in [0, 0.05) is 45.6 Å². The molecule has 6 heteroatoms. The second-order valence-electron chi connectivity index (χ2n) is 4.94. The van der Waals surface area contributed by atoms with Crippen molar-refractivity contribution in [3.8, 4) is 0 Å². The summed E-state index contributed by atoms with van der Waals surface area (Å²) in [5.41, 5.74) is 0. The normalized spacial score (nSPS) is 17.2. The van der Waals surface area contributed by atoms with Crippen LogP contribution in [0.15, 0.2) is 23.7 Å². The van der Waals surface area contributed by atoms with Crippen LogP contribution in [0.1, 0.15) is 19.8 Å². The minimum Gasteiger partial charge on any atom is -0.354 e. The topological polar surface area (TPSA) is 45.5 Å². The molecule has 5 nitrogen and oxygen atoms in total. The first-order valence-corrected chi connectivity index (χ1v) is 6.71. The number of likely N-dealkylation sites (tertiary alicyclic amines) is 1. The summed E-state index contributed by atoms with van der Waals surface area (Å²) in [6, 6.07) is 0. The van der Waals surface area contributed by atoms with Crippen LogP contribution in [0.25, 0.3) is 0 Å². The van der Waals surface area contributed by atoms with Crippen LogP contribution < -0.4 is 5.32 Å². The van der Waals surface area contributed by atoms with E-state index >= 15 is 0 Å². The van der Waals surface area contributed by atoms with Gasteiger partial charge in [-0.2, -0.15) is 0 Å². The molecule has 0 aliphatic carbocycles. The summed E-state index contributed by atoms with van der Waals surface area (Å²) in [4.78, 5) is 10.8. The molecule has 0 bridgehead atoms. The number of hydrogen-bond donors (Lipinski definition) is 1. The summed E-state index contributed by atoms with van der Waals surface area (Å²) >= 11 is 0. The van der Waals surface area contributed by atoms with Crippen LogP contribution in [0.3, 0.4) is 0 Å². The highest BCUT2D eigenvalue weighted by molar-refractivity contribution is 14.0. The third-order valence-electron chi connectivity index (χ3n) is 3.51. The first kappa shape index (κ1) is 16.3. The molecule has 1 aliphatic rings. The van der Waals surface area contributed by atoms with Gasteiger partial charge in [-0.1, -0.05) is 6.92 Å². The number of nitrogens with one attached hydrogen (secondary N) is 1. The number of imidazole rings is 1. The molecule has 1 saturated heterocycles. The average Bonchev–Trinajstić information content (AvgIpc) is 2.89. The lowest BCUT2D eigenvalue weighted by atomic mass is 10.00. The molecule has 0 aromatic carbocycles. The van der Waals surface area contributed by atoms with Crippen molar-refractivity contribution in [2.75, 3.05) is 26.7 Å². The molecule has 1 aromatic heterocycles. The first-order chi connectivity index (χ1) is 8.79. The second-order valence-corrected chi connectivity index (χ2v) is 4.94. The number of nitrogens with zero attached hydrogens (tertiary/aromatic N) is 4. The standard InChI is InChI=1S/C13H23N5.HI/c1-12-3-7-18(8-4-12)13(14-2)16-6-10-17-9-5-15-11-17;/h5,9,11-12H,3-4,6-8,10H2,1-2H3,(H,14,16);1H. The molecule has 1 fully saturated rings. The Balaban J connectivity index is 0.00000180. The van der Waals surface area contributed by atoms with E-state index in [-0.39, 0.29) is 24.0 Å². The molecule has 1 aliphatic heterocycles. The summed E-state index contributed by atoms with van der Waals surface area (Å²) in [6.45, 7) is 6.36. The van der Waals surface area contributed by atoms with Crippen molar-refractivity contribution in [1.29, 1.82) is 0 Å². The second kappa shape index (κ2) is 8.39. The van der Waals surface area contributed by atoms with Gasteiger partial charge < -0.3 is 14.8 Å². The summed E-state index contributed by atoms with van der Waals surface area (Å²) in [7, 11) is 1.86. The predicted octanol–water partition coefficient (Wildman–Crippen LogP) is 1.81. The molecule has 19 heavy (non-hydrogen) atoms. The maximum absolute atomic E-state index is 4.36. The van der Waals surface area contributed by atoms with Crippen molar-refractivity contribution in [2.24, 2.45) is 10.9 Å². The Labute approximate surface area is 132 Å². The minimum absolute atomic E-state index is 0. The van der Waals surface area contributed by atoms with Gasteiger partial charge in [-0.25, -0.2) is 4.98 Å². The summed E-state index contributed by atoms with van der Waals surface area (Å²) in [5, 5.41) is 3.42. The Morgan fingerprint density at radius 1 is 1.42 bits per heavy atom. The van der Waals surface area contributed by atoms with Gasteiger partial charge in [-0.15, -0.1) is 24.0 Å². The summed E-state index contributed by atoms with van der Waals surface area (Å²) in [5.74, 6) is 1.88. The van der Waals surface area contributed by atoms with Gasteiger partial charge in [0.05, 0.1) is 6.33 Å². The SMILES string of the molecule is CN=C(NCCn1ccnc1)N1CCC(C)CC1.I. The number of halogens is 1. The number of guanidine groups is 1. The number of rotatable bonds is 3. The van der Waals surface area contributed by atoms with Crippen molar-refractivity contribution in [3.05, 3.63) is 18.7 Å². The highest BCUT2D eigenvalue weighted by atomic mass is 127. The maximum Gasteiger partial charge on any atom is 0.193 e. The Morgan fingerprint density at radius 3 is 2.74 bits per heavy atom. The van der Waals surface area contributed by atoms with Crippen molar-refractivity contribution < 1.29 is 0 Å². The predicted molar refractivity (Wildman–Crippen MR) is 89.0 cm³/mol. The molecule has 0 amide bonds. The number of aliphatic imine (C=N–C) groups is 1.